The zero-order chi connectivity index (χ0) is 30.6. The Bertz CT molecular complexity index is 1710. The monoisotopic (exact) mass is 613 g/mol. The van der Waals surface area contributed by atoms with Crippen LogP contribution in [0, 0.1) is 17.2 Å². The van der Waals surface area contributed by atoms with Crippen molar-refractivity contribution in [3.05, 3.63) is 65.0 Å². The smallest absolute Gasteiger partial charge is 0.268 e. The second-order valence-electron chi connectivity index (χ2n) is 11.4. The van der Waals surface area contributed by atoms with Crippen molar-refractivity contribution in [3.63, 3.8) is 0 Å². The normalized spacial score (nSPS) is 17.6. The Balaban J connectivity index is 1.28. The van der Waals surface area contributed by atoms with Gasteiger partial charge in [-0.3, -0.25) is 14.9 Å². The fourth-order valence-electron chi connectivity index (χ4n) is 5.57. The Kier molecular flexibility index (Phi) is 8.88. The summed E-state index contributed by atoms with van der Waals surface area (Å²) in [5.41, 5.74) is 2.88. The molecular formula is C32H35N7O4S. The summed E-state index contributed by atoms with van der Waals surface area (Å²) in [6.07, 6.45) is 8.50. The molecule has 0 spiro atoms. The minimum atomic E-state index is -0.286. The summed E-state index contributed by atoms with van der Waals surface area (Å²) in [7, 11) is 1.68. The molecule has 0 radical (unpaired) electrons. The van der Waals surface area contributed by atoms with Crippen molar-refractivity contribution < 1.29 is 18.7 Å². The molecule has 2 N–H and O–H groups in total. The van der Waals surface area contributed by atoms with E-state index >= 15 is 0 Å². The molecule has 3 aromatic heterocycles. The van der Waals surface area contributed by atoms with Crippen LogP contribution in [0.5, 0.6) is 0 Å². The fourth-order valence-corrected chi connectivity index (χ4v) is 6.43. The van der Waals surface area contributed by atoms with Crippen molar-refractivity contribution in [3.8, 4) is 16.7 Å². The van der Waals surface area contributed by atoms with Crippen molar-refractivity contribution in [1.82, 2.24) is 24.8 Å². The Morgan fingerprint density at radius 1 is 1.27 bits per heavy atom. The lowest BCUT2D eigenvalue weighted by atomic mass is 10.1. The van der Waals surface area contributed by atoms with E-state index in [4.69, 9.17) is 14.1 Å². The number of rotatable bonds is 12. The number of oxazole rings is 1. The first-order valence-electron chi connectivity index (χ1n) is 14.9. The number of amides is 2. The molecule has 2 aliphatic rings. The van der Waals surface area contributed by atoms with Gasteiger partial charge in [0.15, 0.2) is 12.2 Å². The van der Waals surface area contributed by atoms with E-state index in [-0.39, 0.29) is 29.5 Å². The predicted molar refractivity (Wildman–Crippen MR) is 167 cm³/mol. The molecule has 2 amide bonds. The largest absolute Gasteiger partial charge is 0.443 e. The lowest BCUT2D eigenvalue weighted by Gasteiger charge is -2.26. The van der Waals surface area contributed by atoms with Gasteiger partial charge in [-0.1, -0.05) is 12.1 Å². The molecule has 44 heavy (non-hydrogen) atoms. The number of fused-ring (bicyclic) bond motifs is 1. The highest BCUT2D eigenvalue weighted by Gasteiger charge is 2.33. The minimum absolute atomic E-state index is 0.137. The number of nitrogens with zero attached hydrogens (tertiary/aromatic N) is 5. The number of ether oxygens (including phenoxy) is 1. The van der Waals surface area contributed by atoms with Gasteiger partial charge in [0.1, 0.15) is 11.6 Å². The van der Waals surface area contributed by atoms with Gasteiger partial charge in [-0.25, -0.2) is 9.97 Å². The topological polar surface area (TPSA) is 138 Å². The maximum absolute atomic E-state index is 13.4. The first-order valence-corrected chi connectivity index (χ1v) is 15.7. The van der Waals surface area contributed by atoms with E-state index in [1.807, 2.05) is 39.8 Å². The highest BCUT2D eigenvalue weighted by atomic mass is 32.1. The van der Waals surface area contributed by atoms with Gasteiger partial charge in [0, 0.05) is 32.8 Å². The number of imidazole rings is 1. The van der Waals surface area contributed by atoms with Gasteiger partial charge in [0.25, 0.3) is 11.8 Å². The number of likely N-dealkylation sites (tertiary alicyclic amines) is 1. The molecule has 1 aromatic carbocycles. The summed E-state index contributed by atoms with van der Waals surface area (Å²) in [4.78, 5) is 38.8. The van der Waals surface area contributed by atoms with Gasteiger partial charge in [-0.15, -0.1) is 11.3 Å². The van der Waals surface area contributed by atoms with Crippen molar-refractivity contribution in [2.24, 2.45) is 5.92 Å². The second kappa shape index (κ2) is 13.1. The van der Waals surface area contributed by atoms with Crippen molar-refractivity contribution >= 4 is 40.1 Å². The molecule has 2 unspecified atom stereocenters. The van der Waals surface area contributed by atoms with Gasteiger partial charge < -0.3 is 23.9 Å². The van der Waals surface area contributed by atoms with E-state index in [9.17, 15) is 14.9 Å². The maximum Gasteiger partial charge on any atom is 0.268 e. The lowest BCUT2D eigenvalue weighted by molar-refractivity contribution is -0.127. The average Bonchev–Trinajstić information content (AvgIpc) is 3.48. The Morgan fingerprint density at radius 3 is 2.89 bits per heavy atom. The number of hydrogen-bond acceptors (Lipinski definition) is 9. The molecule has 228 valence electrons. The van der Waals surface area contributed by atoms with E-state index in [0.29, 0.717) is 48.7 Å². The Hall–Kier alpha value is -4.31. The number of anilines is 1. The average molecular weight is 614 g/mol. The number of allylic oxidation sites excluding steroid dienone is 1. The van der Waals surface area contributed by atoms with E-state index in [2.05, 4.69) is 28.6 Å². The molecule has 1 aliphatic carbocycles. The summed E-state index contributed by atoms with van der Waals surface area (Å²) in [6, 6.07) is 11.8. The highest BCUT2D eigenvalue weighted by Crippen LogP contribution is 2.33. The van der Waals surface area contributed by atoms with E-state index < -0.39 is 0 Å². The SMILES string of the molecule is COCC(C)NCc1ccc2c(c1)nc(NC(=O)c1ccc(-c3cnco3)s1)n2CC1CCCN1C(=O)C(C#N)=CC1CC1. The van der Waals surface area contributed by atoms with Gasteiger partial charge in [0.05, 0.1) is 39.6 Å². The quantitative estimate of drug-likeness (QED) is 0.169. The Morgan fingerprint density at radius 2 is 2.14 bits per heavy atom. The minimum Gasteiger partial charge on any atom is -0.443 e. The third-order valence-corrected chi connectivity index (χ3v) is 9.12. The molecule has 4 heterocycles. The highest BCUT2D eigenvalue weighted by molar-refractivity contribution is 7.17. The number of benzene rings is 1. The molecule has 1 saturated carbocycles. The van der Waals surface area contributed by atoms with Crippen LogP contribution in [-0.4, -0.2) is 63.6 Å². The fraction of sp³-hybridized carbons (Fsp3) is 0.406. The zero-order valence-electron chi connectivity index (χ0n) is 24.8. The van der Waals surface area contributed by atoms with Crippen LogP contribution in [0.3, 0.4) is 0 Å². The molecule has 2 fully saturated rings. The summed E-state index contributed by atoms with van der Waals surface area (Å²) in [6.45, 7) is 4.35. The summed E-state index contributed by atoms with van der Waals surface area (Å²) >= 11 is 1.31. The van der Waals surface area contributed by atoms with Crippen LogP contribution in [0.1, 0.15) is 47.8 Å². The van der Waals surface area contributed by atoms with Crippen LogP contribution >= 0.6 is 11.3 Å². The molecular weight excluding hydrogens is 578 g/mol. The van der Waals surface area contributed by atoms with Gasteiger partial charge >= 0.3 is 0 Å². The van der Waals surface area contributed by atoms with E-state index in [0.717, 1.165) is 47.2 Å². The standard InChI is InChI=1S/C32H35N7O4S/c1-20(18-42-2)35-15-22-7-8-26-25(13-22)36-32(37-30(40)29-10-9-28(44-29)27-16-34-19-43-27)39(26)17-24-4-3-11-38(24)31(41)23(14-33)12-21-5-6-21/h7-10,12-13,16,19-21,24,35H,3-6,11,15,17-18H2,1-2H3,(H,36,37,40). The van der Waals surface area contributed by atoms with Crippen LogP contribution in [0.15, 0.2) is 59.0 Å². The first-order chi connectivity index (χ1) is 21.4. The number of carbonyl (C=O) groups excluding carboxylic acids is 2. The number of carbonyl (C=O) groups is 2. The third-order valence-electron chi connectivity index (χ3n) is 8.02. The van der Waals surface area contributed by atoms with Crippen LogP contribution in [0.4, 0.5) is 5.95 Å². The predicted octanol–water partition coefficient (Wildman–Crippen LogP) is 4.98. The molecule has 2 atom stereocenters. The summed E-state index contributed by atoms with van der Waals surface area (Å²) < 4.78 is 12.6. The molecule has 11 nitrogen and oxygen atoms in total. The summed E-state index contributed by atoms with van der Waals surface area (Å²) in [5, 5.41) is 16.2. The molecule has 6 rings (SSSR count). The van der Waals surface area contributed by atoms with Gasteiger partial charge in [0.2, 0.25) is 5.95 Å². The van der Waals surface area contributed by atoms with Crippen molar-refractivity contribution in [2.45, 2.75) is 57.8 Å². The number of nitrogens with one attached hydrogen (secondary N) is 2. The number of hydrogen-bond donors (Lipinski definition) is 2. The van der Waals surface area contributed by atoms with Gasteiger partial charge in [-0.05, 0) is 68.4 Å². The number of methoxy groups -OCH3 is 1. The summed E-state index contributed by atoms with van der Waals surface area (Å²) in [5.74, 6) is 0.837. The second-order valence-corrected chi connectivity index (χ2v) is 12.5. The zero-order valence-corrected chi connectivity index (χ0v) is 25.6. The molecule has 1 aliphatic heterocycles. The molecule has 1 saturated heterocycles. The van der Waals surface area contributed by atoms with Crippen LogP contribution in [-0.2, 0) is 22.6 Å². The van der Waals surface area contributed by atoms with Gasteiger partial charge in [-0.2, -0.15) is 5.26 Å². The van der Waals surface area contributed by atoms with Crippen LogP contribution in [0.2, 0.25) is 0 Å². The van der Waals surface area contributed by atoms with Crippen LogP contribution in [0.25, 0.3) is 21.7 Å². The van der Waals surface area contributed by atoms with Crippen molar-refractivity contribution in [2.75, 3.05) is 25.6 Å². The lowest BCUT2D eigenvalue weighted by Crippen LogP contribution is -2.39. The number of aromatic nitrogens is 3. The van der Waals surface area contributed by atoms with E-state index in [1.54, 1.807) is 19.4 Å². The number of thiophene rings is 1. The maximum atomic E-state index is 13.4. The van der Waals surface area contributed by atoms with E-state index in [1.165, 1.54) is 17.7 Å². The molecule has 4 aromatic rings. The first kappa shape index (κ1) is 29.7. The molecule has 12 heteroatoms. The van der Waals surface area contributed by atoms with Crippen molar-refractivity contribution in [1.29, 1.82) is 5.26 Å². The molecule has 0 bridgehead atoms. The van der Waals surface area contributed by atoms with Crippen LogP contribution < -0.4 is 10.6 Å². The number of nitriles is 1. The Labute approximate surface area is 259 Å². The third kappa shape index (κ3) is 6.60.